The SMILES string of the molecule is Cn1ncc(CS)c1Br. The van der Waals surface area contributed by atoms with Crippen LogP contribution in [-0.2, 0) is 12.8 Å². The smallest absolute Gasteiger partial charge is 0.107 e. The second-order valence-electron chi connectivity index (χ2n) is 1.74. The van der Waals surface area contributed by atoms with E-state index in [0.29, 0.717) is 0 Å². The molecule has 1 aromatic rings. The van der Waals surface area contributed by atoms with Crippen molar-refractivity contribution < 1.29 is 0 Å². The minimum atomic E-state index is 0.731. The molecule has 0 aliphatic rings. The Hall–Kier alpha value is 0.0400. The molecule has 0 saturated heterocycles. The van der Waals surface area contributed by atoms with Gasteiger partial charge in [-0.25, -0.2) is 0 Å². The molecule has 1 heterocycles. The van der Waals surface area contributed by atoms with Crippen molar-refractivity contribution in [2.45, 2.75) is 5.75 Å². The fraction of sp³-hybridized carbons (Fsp3) is 0.400. The van der Waals surface area contributed by atoms with Gasteiger partial charge in [0.2, 0.25) is 0 Å². The average Bonchev–Trinajstić information content (AvgIpc) is 2.15. The Morgan fingerprint density at radius 2 is 2.56 bits per heavy atom. The molecule has 4 heteroatoms. The first-order valence-corrected chi connectivity index (χ1v) is 3.95. The average molecular weight is 207 g/mol. The number of nitrogens with zero attached hydrogens (tertiary/aromatic N) is 2. The minimum absolute atomic E-state index is 0.731. The Balaban J connectivity index is 3.04. The second-order valence-corrected chi connectivity index (χ2v) is 2.81. The van der Waals surface area contributed by atoms with Gasteiger partial charge < -0.3 is 0 Å². The Kier molecular flexibility index (Phi) is 2.18. The first kappa shape index (κ1) is 7.15. The zero-order chi connectivity index (χ0) is 6.85. The third kappa shape index (κ3) is 1.30. The van der Waals surface area contributed by atoms with E-state index in [9.17, 15) is 0 Å². The van der Waals surface area contributed by atoms with Crippen LogP contribution >= 0.6 is 28.6 Å². The molecule has 0 saturated carbocycles. The molecule has 0 aliphatic heterocycles. The van der Waals surface area contributed by atoms with Crippen LogP contribution < -0.4 is 0 Å². The monoisotopic (exact) mass is 206 g/mol. The summed E-state index contributed by atoms with van der Waals surface area (Å²) in [6, 6.07) is 0. The van der Waals surface area contributed by atoms with E-state index in [1.54, 1.807) is 10.9 Å². The molecule has 0 aliphatic carbocycles. The molecule has 0 radical (unpaired) electrons. The first-order valence-electron chi connectivity index (χ1n) is 2.53. The van der Waals surface area contributed by atoms with Crippen LogP contribution in [0.2, 0.25) is 0 Å². The molecule has 2 nitrogen and oxygen atoms in total. The molecule has 1 aromatic heterocycles. The number of thiol groups is 1. The number of hydrogen-bond acceptors (Lipinski definition) is 2. The van der Waals surface area contributed by atoms with E-state index in [1.165, 1.54) is 0 Å². The van der Waals surface area contributed by atoms with Crippen LogP contribution in [0.4, 0.5) is 0 Å². The molecular formula is C5H7BrN2S. The number of aryl methyl sites for hydroxylation is 1. The van der Waals surface area contributed by atoms with Crippen molar-refractivity contribution in [3.8, 4) is 0 Å². The Morgan fingerprint density at radius 3 is 2.78 bits per heavy atom. The lowest BCUT2D eigenvalue weighted by molar-refractivity contribution is 0.749. The van der Waals surface area contributed by atoms with Crippen molar-refractivity contribution in [2.24, 2.45) is 7.05 Å². The van der Waals surface area contributed by atoms with Gasteiger partial charge in [-0.3, -0.25) is 4.68 Å². The summed E-state index contributed by atoms with van der Waals surface area (Å²) in [6.45, 7) is 0. The van der Waals surface area contributed by atoms with Crippen molar-refractivity contribution in [2.75, 3.05) is 0 Å². The second kappa shape index (κ2) is 2.75. The number of halogens is 1. The zero-order valence-corrected chi connectivity index (χ0v) is 7.48. The van der Waals surface area contributed by atoms with Crippen molar-refractivity contribution in [3.05, 3.63) is 16.4 Å². The molecule has 50 valence electrons. The van der Waals surface area contributed by atoms with E-state index in [4.69, 9.17) is 0 Å². The van der Waals surface area contributed by atoms with Gasteiger partial charge in [0.15, 0.2) is 0 Å². The fourth-order valence-corrected chi connectivity index (χ4v) is 1.36. The quantitative estimate of drug-likeness (QED) is 0.692. The van der Waals surface area contributed by atoms with Crippen molar-refractivity contribution in [1.82, 2.24) is 9.78 Å². The van der Waals surface area contributed by atoms with Gasteiger partial charge in [-0.2, -0.15) is 17.7 Å². The predicted octanol–water partition coefficient (Wildman–Crippen LogP) is 1.61. The van der Waals surface area contributed by atoms with Crippen LogP contribution in [0, 0.1) is 0 Å². The van der Waals surface area contributed by atoms with E-state index < -0.39 is 0 Å². The summed E-state index contributed by atoms with van der Waals surface area (Å²) < 4.78 is 2.78. The maximum absolute atomic E-state index is 4.11. The summed E-state index contributed by atoms with van der Waals surface area (Å²) in [5, 5.41) is 4.01. The summed E-state index contributed by atoms with van der Waals surface area (Å²) in [7, 11) is 1.89. The minimum Gasteiger partial charge on any atom is -0.261 e. The van der Waals surface area contributed by atoms with Crippen LogP contribution in [0.3, 0.4) is 0 Å². The molecule has 0 spiro atoms. The highest BCUT2D eigenvalue weighted by Gasteiger charge is 2.00. The Bertz CT molecular complexity index is 209. The molecular weight excluding hydrogens is 200 g/mol. The summed E-state index contributed by atoms with van der Waals surface area (Å²) in [5.41, 5.74) is 1.13. The fourth-order valence-electron chi connectivity index (χ4n) is 0.574. The molecule has 0 unspecified atom stereocenters. The van der Waals surface area contributed by atoms with Gasteiger partial charge in [-0.05, 0) is 15.9 Å². The molecule has 0 amide bonds. The van der Waals surface area contributed by atoms with Crippen LogP contribution in [0.15, 0.2) is 10.8 Å². The lowest BCUT2D eigenvalue weighted by Crippen LogP contribution is -1.88. The Morgan fingerprint density at radius 1 is 1.89 bits per heavy atom. The van der Waals surface area contributed by atoms with Gasteiger partial charge in [0.25, 0.3) is 0 Å². The summed E-state index contributed by atoms with van der Waals surface area (Å²) >= 11 is 7.47. The van der Waals surface area contributed by atoms with Gasteiger partial charge in [0.05, 0.1) is 6.20 Å². The Labute approximate surface area is 67.8 Å². The van der Waals surface area contributed by atoms with E-state index in [2.05, 4.69) is 33.7 Å². The van der Waals surface area contributed by atoms with Crippen LogP contribution in [0.1, 0.15) is 5.56 Å². The summed E-state index contributed by atoms with van der Waals surface area (Å²) in [5.74, 6) is 0.731. The lowest BCUT2D eigenvalue weighted by atomic mass is 10.4. The first-order chi connectivity index (χ1) is 4.25. The molecule has 0 N–H and O–H groups in total. The van der Waals surface area contributed by atoms with E-state index >= 15 is 0 Å². The normalized spacial score (nSPS) is 10.1. The molecule has 0 bridgehead atoms. The van der Waals surface area contributed by atoms with Gasteiger partial charge in [-0.15, -0.1) is 0 Å². The highest BCUT2D eigenvalue weighted by molar-refractivity contribution is 9.10. The standard InChI is InChI=1S/C5H7BrN2S/c1-8-5(6)4(3-9)2-7-8/h2,9H,3H2,1H3. The molecule has 1 rings (SSSR count). The molecule has 0 fully saturated rings. The van der Waals surface area contributed by atoms with E-state index in [0.717, 1.165) is 15.9 Å². The number of hydrogen-bond donors (Lipinski definition) is 1. The van der Waals surface area contributed by atoms with E-state index in [1.807, 2.05) is 7.05 Å². The molecule has 0 atom stereocenters. The van der Waals surface area contributed by atoms with E-state index in [-0.39, 0.29) is 0 Å². The maximum Gasteiger partial charge on any atom is 0.107 e. The highest BCUT2D eigenvalue weighted by atomic mass is 79.9. The topological polar surface area (TPSA) is 17.8 Å². The summed E-state index contributed by atoms with van der Waals surface area (Å²) in [4.78, 5) is 0. The largest absolute Gasteiger partial charge is 0.261 e. The van der Waals surface area contributed by atoms with Gasteiger partial charge in [0.1, 0.15) is 4.60 Å². The van der Waals surface area contributed by atoms with Crippen LogP contribution in [-0.4, -0.2) is 9.78 Å². The maximum atomic E-state index is 4.11. The lowest BCUT2D eigenvalue weighted by Gasteiger charge is -1.91. The zero-order valence-electron chi connectivity index (χ0n) is 5.00. The number of aromatic nitrogens is 2. The van der Waals surface area contributed by atoms with Crippen molar-refractivity contribution in [3.63, 3.8) is 0 Å². The van der Waals surface area contributed by atoms with Crippen molar-refractivity contribution >= 4 is 28.6 Å². The third-order valence-corrected chi connectivity index (χ3v) is 2.47. The van der Waals surface area contributed by atoms with Gasteiger partial charge in [0, 0.05) is 18.4 Å². The van der Waals surface area contributed by atoms with Crippen LogP contribution in [0.5, 0.6) is 0 Å². The summed E-state index contributed by atoms with van der Waals surface area (Å²) in [6.07, 6.45) is 1.80. The predicted molar refractivity (Wildman–Crippen MR) is 43.6 cm³/mol. The highest BCUT2D eigenvalue weighted by Crippen LogP contribution is 2.15. The number of rotatable bonds is 1. The third-order valence-electron chi connectivity index (χ3n) is 1.11. The van der Waals surface area contributed by atoms with Gasteiger partial charge in [-0.1, -0.05) is 0 Å². The molecule has 9 heavy (non-hydrogen) atoms. The van der Waals surface area contributed by atoms with Crippen LogP contribution in [0.25, 0.3) is 0 Å². The van der Waals surface area contributed by atoms with Crippen molar-refractivity contribution in [1.29, 1.82) is 0 Å². The molecule has 0 aromatic carbocycles. The van der Waals surface area contributed by atoms with Gasteiger partial charge >= 0.3 is 0 Å².